The lowest BCUT2D eigenvalue weighted by Crippen LogP contribution is -2.32. The summed E-state index contributed by atoms with van der Waals surface area (Å²) in [5.74, 6) is -1.12. The molecule has 1 aromatic heterocycles. The zero-order valence-corrected chi connectivity index (χ0v) is 12.0. The predicted molar refractivity (Wildman–Crippen MR) is 74.7 cm³/mol. The zero-order valence-electron chi connectivity index (χ0n) is 11.2. The Morgan fingerprint density at radius 3 is 2.74 bits per heavy atom. The summed E-state index contributed by atoms with van der Waals surface area (Å²) in [7, 11) is 0. The van der Waals surface area contributed by atoms with E-state index in [1.807, 2.05) is 13.0 Å². The van der Waals surface area contributed by atoms with Crippen molar-refractivity contribution >= 4 is 23.2 Å². The van der Waals surface area contributed by atoms with Crippen LogP contribution in [0.3, 0.4) is 0 Å². The Balaban J connectivity index is 1.96. The van der Waals surface area contributed by atoms with Crippen LogP contribution < -0.4 is 5.32 Å². The van der Waals surface area contributed by atoms with Gasteiger partial charge in [-0.3, -0.25) is 9.59 Å². The Labute approximate surface area is 116 Å². The van der Waals surface area contributed by atoms with Crippen LogP contribution in [0, 0.1) is 12.8 Å². The largest absolute Gasteiger partial charge is 0.481 e. The molecule has 2 rings (SSSR count). The number of thiophene rings is 1. The summed E-state index contributed by atoms with van der Waals surface area (Å²) in [6, 6.07) is 1.92. The van der Waals surface area contributed by atoms with Crippen LogP contribution in [0.1, 0.15) is 46.3 Å². The maximum atomic E-state index is 12.1. The fraction of sp³-hybridized carbons (Fsp3) is 0.571. The molecule has 0 unspecified atom stereocenters. The van der Waals surface area contributed by atoms with Gasteiger partial charge in [-0.25, -0.2) is 0 Å². The molecular formula is C14H19NO3S. The standard InChI is InChI=1S/C14H19NO3S/c1-3-11-8(2)6-12(19-11)13(16)15-10-5-4-9(7-10)14(17)18/h6,9-10H,3-5,7H2,1-2H3,(H,15,16)(H,17,18)/t9-,10+/m0/s1. The lowest BCUT2D eigenvalue weighted by atomic mass is 10.1. The molecule has 2 atom stereocenters. The number of carboxylic acid groups (broad SMARTS) is 1. The van der Waals surface area contributed by atoms with Crippen LogP contribution in [0.5, 0.6) is 0 Å². The molecule has 0 radical (unpaired) electrons. The van der Waals surface area contributed by atoms with Crippen LogP contribution in [0.2, 0.25) is 0 Å². The lowest BCUT2D eigenvalue weighted by Gasteiger charge is -2.11. The van der Waals surface area contributed by atoms with Crippen LogP contribution in [-0.2, 0) is 11.2 Å². The SMILES string of the molecule is CCc1sc(C(=O)N[C@@H]2CC[C@H](C(=O)O)C2)cc1C. The van der Waals surface area contributed by atoms with E-state index < -0.39 is 5.97 Å². The lowest BCUT2D eigenvalue weighted by molar-refractivity contribution is -0.141. The first-order valence-corrected chi connectivity index (χ1v) is 7.45. The summed E-state index contributed by atoms with van der Waals surface area (Å²) in [5, 5.41) is 11.9. The third-order valence-electron chi connectivity index (χ3n) is 3.68. The molecule has 1 fully saturated rings. The van der Waals surface area contributed by atoms with Gasteiger partial charge in [0.2, 0.25) is 0 Å². The second-order valence-electron chi connectivity index (χ2n) is 5.09. The van der Waals surface area contributed by atoms with E-state index in [0.29, 0.717) is 12.8 Å². The molecular weight excluding hydrogens is 262 g/mol. The van der Waals surface area contributed by atoms with Crippen molar-refractivity contribution in [3.8, 4) is 0 Å². The molecule has 0 aliphatic heterocycles. The number of aliphatic carboxylic acids is 1. The summed E-state index contributed by atoms with van der Waals surface area (Å²) >= 11 is 1.53. The number of nitrogens with one attached hydrogen (secondary N) is 1. The summed E-state index contributed by atoms with van der Waals surface area (Å²) in [4.78, 5) is 25.0. The van der Waals surface area contributed by atoms with Crippen molar-refractivity contribution in [1.82, 2.24) is 5.32 Å². The highest BCUT2D eigenvalue weighted by atomic mass is 32.1. The second kappa shape index (κ2) is 5.74. The van der Waals surface area contributed by atoms with Crippen molar-refractivity contribution in [2.75, 3.05) is 0 Å². The zero-order chi connectivity index (χ0) is 14.0. The minimum Gasteiger partial charge on any atom is -0.481 e. The molecule has 1 heterocycles. The number of carbonyl (C=O) groups excluding carboxylic acids is 1. The van der Waals surface area contributed by atoms with Gasteiger partial charge in [0, 0.05) is 10.9 Å². The van der Waals surface area contributed by atoms with Gasteiger partial charge in [-0.15, -0.1) is 11.3 Å². The molecule has 0 spiro atoms. The maximum absolute atomic E-state index is 12.1. The minimum absolute atomic E-state index is 0.00100. The molecule has 0 saturated heterocycles. The Morgan fingerprint density at radius 2 is 2.21 bits per heavy atom. The van der Waals surface area contributed by atoms with E-state index in [1.165, 1.54) is 16.2 Å². The topological polar surface area (TPSA) is 66.4 Å². The van der Waals surface area contributed by atoms with Crippen LogP contribution in [0.4, 0.5) is 0 Å². The van der Waals surface area contributed by atoms with Crippen LogP contribution in [0.15, 0.2) is 6.07 Å². The first kappa shape index (κ1) is 14.1. The molecule has 1 amide bonds. The Hall–Kier alpha value is -1.36. The maximum Gasteiger partial charge on any atom is 0.306 e. The number of rotatable bonds is 4. The Morgan fingerprint density at radius 1 is 1.47 bits per heavy atom. The third-order valence-corrected chi connectivity index (χ3v) is 5.06. The fourth-order valence-electron chi connectivity index (χ4n) is 2.58. The predicted octanol–water partition coefficient (Wildman–Crippen LogP) is 2.60. The third kappa shape index (κ3) is 3.15. The van der Waals surface area contributed by atoms with Gasteiger partial charge >= 0.3 is 5.97 Å². The second-order valence-corrected chi connectivity index (χ2v) is 6.23. The highest BCUT2D eigenvalue weighted by Crippen LogP contribution is 2.27. The van der Waals surface area contributed by atoms with Crippen molar-refractivity contribution in [2.24, 2.45) is 5.92 Å². The Bertz CT molecular complexity index is 495. The van der Waals surface area contributed by atoms with Crippen molar-refractivity contribution in [1.29, 1.82) is 0 Å². The number of hydrogen-bond donors (Lipinski definition) is 2. The number of amides is 1. The first-order chi connectivity index (χ1) is 9.01. The van der Waals surface area contributed by atoms with Gasteiger partial charge in [-0.1, -0.05) is 6.92 Å². The van der Waals surface area contributed by atoms with E-state index in [2.05, 4.69) is 12.2 Å². The summed E-state index contributed by atoms with van der Waals surface area (Å²) < 4.78 is 0. The minimum atomic E-state index is -0.753. The first-order valence-electron chi connectivity index (χ1n) is 6.64. The van der Waals surface area contributed by atoms with Crippen molar-refractivity contribution in [3.05, 3.63) is 21.4 Å². The van der Waals surface area contributed by atoms with E-state index in [1.54, 1.807) is 0 Å². The fourth-order valence-corrected chi connectivity index (χ4v) is 3.59. The molecule has 4 nitrogen and oxygen atoms in total. The van der Waals surface area contributed by atoms with E-state index in [-0.39, 0.29) is 17.9 Å². The van der Waals surface area contributed by atoms with Gasteiger partial charge in [0.15, 0.2) is 0 Å². The van der Waals surface area contributed by atoms with Gasteiger partial charge in [0.25, 0.3) is 5.91 Å². The molecule has 1 aromatic rings. The number of carboxylic acids is 1. The number of hydrogen-bond acceptors (Lipinski definition) is 3. The molecule has 19 heavy (non-hydrogen) atoms. The van der Waals surface area contributed by atoms with Crippen molar-refractivity contribution in [3.63, 3.8) is 0 Å². The van der Waals surface area contributed by atoms with E-state index in [9.17, 15) is 9.59 Å². The number of carbonyl (C=O) groups is 2. The van der Waals surface area contributed by atoms with Crippen molar-refractivity contribution in [2.45, 2.75) is 45.6 Å². The molecule has 1 aliphatic carbocycles. The summed E-state index contributed by atoms with van der Waals surface area (Å²) in [6.45, 7) is 4.09. The van der Waals surface area contributed by atoms with Gasteiger partial charge in [0.1, 0.15) is 0 Å². The summed E-state index contributed by atoms with van der Waals surface area (Å²) in [5.41, 5.74) is 1.16. The summed E-state index contributed by atoms with van der Waals surface area (Å²) in [6.07, 6.45) is 2.90. The van der Waals surface area contributed by atoms with Crippen LogP contribution >= 0.6 is 11.3 Å². The van der Waals surface area contributed by atoms with E-state index in [0.717, 1.165) is 23.3 Å². The van der Waals surface area contributed by atoms with Gasteiger partial charge < -0.3 is 10.4 Å². The molecule has 0 aromatic carbocycles. The van der Waals surface area contributed by atoms with Gasteiger partial charge in [0.05, 0.1) is 10.8 Å². The van der Waals surface area contributed by atoms with E-state index >= 15 is 0 Å². The monoisotopic (exact) mass is 281 g/mol. The highest BCUT2D eigenvalue weighted by molar-refractivity contribution is 7.14. The molecule has 1 saturated carbocycles. The molecule has 5 heteroatoms. The Kier molecular flexibility index (Phi) is 4.24. The molecule has 2 N–H and O–H groups in total. The van der Waals surface area contributed by atoms with Gasteiger partial charge in [-0.2, -0.15) is 0 Å². The van der Waals surface area contributed by atoms with E-state index in [4.69, 9.17) is 5.11 Å². The normalized spacial score (nSPS) is 22.4. The van der Waals surface area contributed by atoms with Crippen molar-refractivity contribution < 1.29 is 14.7 Å². The number of aryl methyl sites for hydroxylation is 2. The average molecular weight is 281 g/mol. The highest BCUT2D eigenvalue weighted by Gasteiger charge is 2.30. The molecule has 0 bridgehead atoms. The molecule has 104 valence electrons. The molecule has 1 aliphatic rings. The van der Waals surface area contributed by atoms with Crippen LogP contribution in [0.25, 0.3) is 0 Å². The average Bonchev–Trinajstić information content (AvgIpc) is 2.95. The van der Waals surface area contributed by atoms with Gasteiger partial charge in [-0.05, 0) is 44.2 Å². The van der Waals surface area contributed by atoms with Crippen LogP contribution in [-0.4, -0.2) is 23.0 Å². The quantitative estimate of drug-likeness (QED) is 0.891. The smallest absolute Gasteiger partial charge is 0.306 e.